The van der Waals surface area contributed by atoms with Crippen LogP contribution in [-0.4, -0.2) is 13.2 Å². The van der Waals surface area contributed by atoms with Gasteiger partial charge < -0.3 is 5.11 Å². The summed E-state index contributed by atoms with van der Waals surface area (Å²) < 4.78 is 27.6. The van der Waals surface area contributed by atoms with Gasteiger partial charge in [-0.25, -0.2) is 8.78 Å². The van der Waals surface area contributed by atoms with Crippen LogP contribution in [0.4, 0.5) is 8.78 Å². The SMILES string of the molecule is CCCCC[Si@]1(c2ccccc2)CC[C@H](C2CCC(c3cc(F)c(O)c(F)c3)CC2)CC1. The molecule has 0 radical (unpaired) electrons. The van der Waals surface area contributed by atoms with Crippen molar-refractivity contribution in [2.45, 2.75) is 88.8 Å². The van der Waals surface area contributed by atoms with Crippen LogP contribution in [-0.2, 0) is 0 Å². The third kappa shape index (κ3) is 5.11. The van der Waals surface area contributed by atoms with E-state index in [9.17, 15) is 13.9 Å². The van der Waals surface area contributed by atoms with Gasteiger partial charge in [-0.3, -0.25) is 0 Å². The summed E-state index contributed by atoms with van der Waals surface area (Å²) in [5, 5.41) is 11.1. The number of halogens is 2. The van der Waals surface area contributed by atoms with Crippen molar-refractivity contribution in [1.82, 2.24) is 0 Å². The van der Waals surface area contributed by atoms with E-state index < -0.39 is 25.5 Å². The fourth-order valence-corrected chi connectivity index (χ4v) is 11.9. The molecular formula is C28H38F2OSi. The minimum atomic E-state index is -1.39. The molecule has 4 rings (SSSR count). The van der Waals surface area contributed by atoms with Crippen molar-refractivity contribution >= 4 is 13.3 Å². The van der Waals surface area contributed by atoms with E-state index in [2.05, 4.69) is 37.3 Å². The number of rotatable bonds is 7. The van der Waals surface area contributed by atoms with Crippen LogP contribution in [0.15, 0.2) is 42.5 Å². The molecule has 0 spiro atoms. The number of aromatic hydroxyl groups is 1. The monoisotopic (exact) mass is 456 g/mol. The van der Waals surface area contributed by atoms with Gasteiger partial charge in [0.05, 0.1) is 8.07 Å². The van der Waals surface area contributed by atoms with E-state index in [0.717, 1.165) is 37.5 Å². The molecule has 2 aromatic rings. The van der Waals surface area contributed by atoms with Crippen LogP contribution in [0, 0.1) is 23.5 Å². The molecule has 1 aliphatic carbocycles. The molecule has 32 heavy (non-hydrogen) atoms. The molecule has 2 fully saturated rings. The highest BCUT2D eigenvalue weighted by atomic mass is 28.3. The smallest absolute Gasteiger partial charge is 0.187 e. The van der Waals surface area contributed by atoms with Gasteiger partial charge in [0.15, 0.2) is 17.4 Å². The summed E-state index contributed by atoms with van der Waals surface area (Å²) in [6, 6.07) is 18.4. The highest BCUT2D eigenvalue weighted by molar-refractivity contribution is 6.92. The molecule has 1 nitrogen and oxygen atoms in total. The zero-order valence-corrected chi connectivity index (χ0v) is 20.5. The largest absolute Gasteiger partial charge is 0.503 e. The summed E-state index contributed by atoms with van der Waals surface area (Å²) in [4.78, 5) is 0. The maximum Gasteiger partial charge on any atom is 0.187 e. The summed E-state index contributed by atoms with van der Waals surface area (Å²) in [5.41, 5.74) is 0.714. The van der Waals surface area contributed by atoms with Gasteiger partial charge in [0.2, 0.25) is 0 Å². The van der Waals surface area contributed by atoms with Crippen LogP contribution in [0.1, 0.15) is 76.2 Å². The molecule has 1 aliphatic heterocycles. The Kier molecular flexibility index (Phi) is 7.70. The standard InChI is InChI=1S/C28H38F2OSi/c1-2-3-7-16-32(25-8-5-4-6-9-25)17-14-23(15-18-32)21-10-12-22(13-11-21)24-19-26(29)28(31)27(30)20-24/h4-6,8-9,19-23,31H,2-3,7,10-18H2,1H3/t21?,22?,23-,32-. The van der Waals surface area contributed by atoms with Crippen LogP contribution in [0.25, 0.3) is 0 Å². The highest BCUT2D eigenvalue weighted by Gasteiger charge is 2.41. The molecule has 0 unspecified atom stereocenters. The van der Waals surface area contributed by atoms with Gasteiger partial charge in [0, 0.05) is 0 Å². The molecule has 1 N–H and O–H groups in total. The van der Waals surface area contributed by atoms with Gasteiger partial charge in [0.1, 0.15) is 0 Å². The van der Waals surface area contributed by atoms with Crippen molar-refractivity contribution in [3.05, 3.63) is 59.7 Å². The Bertz CT molecular complexity index is 845. The van der Waals surface area contributed by atoms with Crippen molar-refractivity contribution in [3.63, 3.8) is 0 Å². The average Bonchev–Trinajstić information content (AvgIpc) is 2.83. The number of benzene rings is 2. The first-order valence-electron chi connectivity index (χ1n) is 12.8. The van der Waals surface area contributed by atoms with Crippen LogP contribution in [0.5, 0.6) is 5.75 Å². The Morgan fingerprint density at radius 1 is 0.844 bits per heavy atom. The lowest BCUT2D eigenvalue weighted by molar-refractivity contribution is 0.215. The van der Waals surface area contributed by atoms with E-state index in [4.69, 9.17) is 0 Å². The van der Waals surface area contributed by atoms with Crippen LogP contribution in [0.3, 0.4) is 0 Å². The maximum atomic E-state index is 13.8. The van der Waals surface area contributed by atoms with Gasteiger partial charge in [-0.1, -0.05) is 92.7 Å². The first-order chi connectivity index (χ1) is 15.5. The average molecular weight is 457 g/mol. The van der Waals surface area contributed by atoms with E-state index in [0.29, 0.717) is 5.56 Å². The number of phenols is 1. The first kappa shape index (κ1) is 23.5. The van der Waals surface area contributed by atoms with Gasteiger partial charge in [0.25, 0.3) is 0 Å². The Morgan fingerprint density at radius 3 is 2.03 bits per heavy atom. The fourth-order valence-electron chi connectivity index (χ4n) is 6.60. The van der Waals surface area contributed by atoms with E-state index in [1.54, 1.807) is 5.19 Å². The molecule has 0 atom stereocenters. The minimum absolute atomic E-state index is 0.214. The minimum Gasteiger partial charge on any atom is -0.503 e. The molecule has 4 heteroatoms. The van der Waals surface area contributed by atoms with Gasteiger partial charge in [-0.05, 0) is 61.1 Å². The lowest BCUT2D eigenvalue weighted by atomic mass is 9.72. The topological polar surface area (TPSA) is 20.2 Å². The van der Waals surface area contributed by atoms with Crippen molar-refractivity contribution in [2.24, 2.45) is 11.8 Å². The lowest BCUT2D eigenvalue weighted by Gasteiger charge is -2.43. The second-order valence-corrected chi connectivity index (χ2v) is 15.0. The first-order valence-corrected chi connectivity index (χ1v) is 15.4. The van der Waals surface area contributed by atoms with E-state index >= 15 is 0 Å². The Morgan fingerprint density at radius 2 is 1.44 bits per heavy atom. The van der Waals surface area contributed by atoms with Crippen LogP contribution in [0.2, 0.25) is 18.1 Å². The predicted molar refractivity (Wildman–Crippen MR) is 131 cm³/mol. The molecular weight excluding hydrogens is 418 g/mol. The Balaban J connectivity index is 1.36. The fraction of sp³-hybridized carbons (Fsp3) is 0.571. The number of hydrogen-bond donors (Lipinski definition) is 1. The van der Waals surface area contributed by atoms with Crippen molar-refractivity contribution in [2.75, 3.05) is 0 Å². The normalized spacial score (nSPS) is 28.5. The molecule has 2 aliphatic rings. The summed E-state index contributed by atoms with van der Waals surface area (Å²) in [5.74, 6) is -0.725. The quantitative estimate of drug-likeness (QED) is 0.332. The van der Waals surface area contributed by atoms with Gasteiger partial charge in [-0.15, -0.1) is 0 Å². The molecule has 0 aromatic heterocycles. The van der Waals surface area contributed by atoms with Gasteiger partial charge >= 0.3 is 0 Å². The van der Waals surface area contributed by atoms with E-state index in [1.807, 2.05) is 0 Å². The molecule has 1 heterocycles. The Labute approximate surface area is 193 Å². The van der Waals surface area contributed by atoms with Crippen molar-refractivity contribution in [3.8, 4) is 5.75 Å². The van der Waals surface area contributed by atoms with Crippen LogP contribution < -0.4 is 5.19 Å². The second-order valence-electron chi connectivity index (χ2n) is 10.4. The Hall–Kier alpha value is -1.68. The number of phenolic OH excluding ortho intramolecular Hbond substituents is 1. The third-order valence-electron chi connectivity index (χ3n) is 8.58. The third-order valence-corrected chi connectivity index (χ3v) is 13.9. The molecule has 2 aromatic carbocycles. The molecule has 1 saturated carbocycles. The molecule has 0 bridgehead atoms. The number of unbranched alkanes of at least 4 members (excludes halogenated alkanes) is 2. The molecule has 0 amide bonds. The molecule has 1 saturated heterocycles. The summed E-state index contributed by atoms with van der Waals surface area (Å²) >= 11 is 0. The highest BCUT2D eigenvalue weighted by Crippen LogP contribution is 2.46. The van der Waals surface area contributed by atoms with Crippen molar-refractivity contribution in [1.29, 1.82) is 0 Å². The molecule has 174 valence electrons. The maximum absolute atomic E-state index is 13.8. The number of hydrogen-bond acceptors (Lipinski definition) is 1. The summed E-state index contributed by atoms with van der Waals surface area (Å²) in [6.45, 7) is 2.30. The second kappa shape index (κ2) is 10.5. The lowest BCUT2D eigenvalue weighted by Crippen LogP contribution is -2.50. The van der Waals surface area contributed by atoms with E-state index in [1.165, 1.54) is 62.4 Å². The summed E-state index contributed by atoms with van der Waals surface area (Å²) in [7, 11) is -1.39. The van der Waals surface area contributed by atoms with E-state index in [-0.39, 0.29) is 5.92 Å². The summed E-state index contributed by atoms with van der Waals surface area (Å²) in [6.07, 6.45) is 11.1. The zero-order chi connectivity index (χ0) is 22.6. The van der Waals surface area contributed by atoms with Crippen molar-refractivity contribution < 1.29 is 13.9 Å². The van der Waals surface area contributed by atoms with Gasteiger partial charge in [-0.2, -0.15) is 0 Å². The van der Waals surface area contributed by atoms with Crippen LogP contribution >= 0.6 is 0 Å². The zero-order valence-electron chi connectivity index (χ0n) is 19.5. The predicted octanol–water partition coefficient (Wildman–Crippen LogP) is 7.90.